The second-order valence-corrected chi connectivity index (χ2v) is 6.81. The highest BCUT2D eigenvalue weighted by molar-refractivity contribution is 9.10. The van der Waals surface area contributed by atoms with E-state index in [1.165, 1.54) is 0 Å². The van der Waals surface area contributed by atoms with E-state index in [0.717, 1.165) is 48.0 Å². The number of phenols is 2. The number of hydrogen-bond acceptors (Lipinski definition) is 4. The SMILES string of the molecule is Oc1ccccc1N=Cc1c(O)c(Br)cc2oc3c(c12)CCCC3. The molecule has 0 saturated heterocycles. The molecule has 3 aromatic rings. The van der Waals surface area contributed by atoms with Crippen molar-refractivity contribution in [3.63, 3.8) is 0 Å². The van der Waals surface area contributed by atoms with Crippen molar-refractivity contribution in [3.8, 4) is 11.5 Å². The Balaban J connectivity index is 1.92. The van der Waals surface area contributed by atoms with Gasteiger partial charge in [-0.2, -0.15) is 0 Å². The van der Waals surface area contributed by atoms with Crippen LogP contribution in [0.15, 0.2) is 44.2 Å². The molecule has 2 N–H and O–H groups in total. The highest BCUT2D eigenvalue weighted by Gasteiger charge is 2.22. The van der Waals surface area contributed by atoms with Crippen LogP contribution < -0.4 is 0 Å². The van der Waals surface area contributed by atoms with Crippen LogP contribution in [0.4, 0.5) is 5.69 Å². The third-order valence-corrected chi connectivity index (χ3v) is 5.03. The zero-order chi connectivity index (χ0) is 16.7. The summed E-state index contributed by atoms with van der Waals surface area (Å²) in [6.45, 7) is 0. The minimum Gasteiger partial charge on any atom is -0.506 e. The Bertz CT molecular complexity index is 959. The summed E-state index contributed by atoms with van der Waals surface area (Å²) in [5.41, 5.74) is 3.00. The third-order valence-electron chi connectivity index (χ3n) is 4.42. The Labute approximate surface area is 147 Å². The molecule has 0 spiro atoms. The first-order chi connectivity index (χ1) is 11.6. The first-order valence-corrected chi connectivity index (χ1v) is 8.72. The maximum Gasteiger partial charge on any atom is 0.141 e. The number of rotatable bonds is 2. The fourth-order valence-corrected chi connectivity index (χ4v) is 3.67. The van der Waals surface area contributed by atoms with Gasteiger partial charge in [-0.25, -0.2) is 0 Å². The fraction of sp³-hybridized carbons (Fsp3) is 0.211. The first-order valence-electron chi connectivity index (χ1n) is 7.93. The van der Waals surface area contributed by atoms with E-state index >= 15 is 0 Å². The summed E-state index contributed by atoms with van der Waals surface area (Å²) in [7, 11) is 0. The molecule has 0 saturated carbocycles. The van der Waals surface area contributed by atoms with E-state index in [1.807, 2.05) is 6.07 Å². The third kappa shape index (κ3) is 2.49. The molecule has 0 atom stereocenters. The van der Waals surface area contributed by atoms with Gasteiger partial charge in [0, 0.05) is 29.1 Å². The summed E-state index contributed by atoms with van der Waals surface area (Å²) in [6, 6.07) is 8.67. The van der Waals surface area contributed by atoms with Gasteiger partial charge in [0.05, 0.1) is 4.47 Å². The van der Waals surface area contributed by atoms with Gasteiger partial charge in [0.2, 0.25) is 0 Å². The molecule has 0 unspecified atom stereocenters. The van der Waals surface area contributed by atoms with Gasteiger partial charge in [-0.05, 0) is 53.4 Å². The van der Waals surface area contributed by atoms with Gasteiger partial charge in [0.15, 0.2) is 0 Å². The van der Waals surface area contributed by atoms with Crippen LogP contribution in [0.2, 0.25) is 0 Å². The van der Waals surface area contributed by atoms with Crippen LogP contribution in [0.1, 0.15) is 29.7 Å². The summed E-state index contributed by atoms with van der Waals surface area (Å²) < 4.78 is 6.56. The molecule has 4 rings (SSSR count). The van der Waals surface area contributed by atoms with Crippen LogP contribution in [0.3, 0.4) is 0 Å². The van der Waals surface area contributed by atoms with Crippen molar-refractivity contribution in [2.45, 2.75) is 25.7 Å². The zero-order valence-electron chi connectivity index (χ0n) is 12.9. The fourth-order valence-electron chi connectivity index (χ4n) is 3.25. The number of nitrogens with zero attached hydrogens (tertiary/aromatic N) is 1. The van der Waals surface area contributed by atoms with E-state index < -0.39 is 0 Å². The van der Waals surface area contributed by atoms with Gasteiger partial charge < -0.3 is 14.6 Å². The van der Waals surface area contributed by atoms with Crippen molar-refractivity contribution in [1.29, 1.82) is 0 Å². The lowest BCUT2D eigenvalue weighted by molar-refractivity contribution is 0.471. The Morgan fingerprint density at radius 1 is 1.12 bits per heavy atom. The predicted molar refractivity (Wildman–Crippen MR) is 97.6 cm³/mol. The van der Waals surface area contributed by atoms with Crippen molar-refractivity contribution >= 4 is 38.8 Å². The normalized spacial score (nSPS) is 14.4. The molecule has 2 aromatic carbocycles. The van der Waals surface area contributed by atoms with Crippen molar-refractivity contribution in [1.82, 2.24) is 0 Å². The molecule has 0 bridgehead atoms. The standard InChI is InChI=1S/C19H16BrNO3/c20-13-9-17-18(11-5-1-4-8-16(11)24-17)12(19(13)23)10-21-14-6-2-3-7-15(14)22/h2-3,6-7,9-10,22-23H,1,4-5,8H2. The molecule has 1 heterocycles. The minimum atomic E-state index is 0.105. The lowest BCUT2D eigenvalue weighted by atomic mass is 9.94. The largest absolute Gasteiger partial charge is 0.506 e. The molecule has 5 heteroatoms. The molecule has 0 amide bonds. The van der Waals surface area contributed by atoms with Crippen LogP contribution in [0.25, 0.3) is 11.0 Å². The molecule has 4 nitrogen and oxygen atoms in total. The molecule has 24 heavy (non-hydrogen) atoms. The number of aromatic hydroxyl groups is 2. The number of fused-ring (bicyclic) bond motifs is 3. The van der Waals surface area contributed by atoms with Crippen LogP contribution >= 0.6 is 15.9 Å². The maximum atomic E-state index is 10.5. The zero-order valence-corrected chi connectivity index (χ0v) is 14.5. The number of para-hydroxylation sites is 2. The molecule has 1 aliphatic rings. The van der Waals surface area contributed by atoms with E-state index in [-0.39, 0.29) is 11.5 Å². The lowest BCUT2D eigenvalue weighted by Crippen LogP contribution is -1.99. The van der Waals surface area contributed by atoms with Gasteiger partial charge >= 0.3 is 0 Å². The average molecular weight is 386 g/mol. The van der Waals surface area contributed by atoms with E-state index in [2.05, 4.69) is 20.9 Å². The van der Waals surface area contributed by atoms with E-state index in [1.54, 1.807) is 30.5 Å². The monoisotopic (exact) mass is 385 g/mol. The predicted octanol–water partition coefficient (Wildman–Crippen LogP) is 5.24. The van der Waals surface area contributed by atoms with Gasteiger partial charge in [-0.15, -0.1) is 0 Å². The lowest BCUT2D eigenvalue weighted by Gasteiger charge is -2.10. The van der Waals surface area contributed by atoms with Gasteiger partial charge in [0.1, 0.15) is 28.5 Å². The maximum absolute atomic E-state index is 10.5. The quantitative estimate of drug-likeness (QED) is 0.593. The van der Waals surface area contributed by atoms with E-state index in [4.69, 9.17) is 4.42 Å². The summed E-state index contributed by atoms with van der Waals surface area (Å²) in [6.07, 6.45) is 5.72. The first kappa shape index (κ1) is 15.3. The Kier molecular flexibility index (Phi) is 3.81. The van der Waals surface area contributed by atoms with Crippen molar-refractivity contribution in [3.05, 3.63) is 51.7 Å². The molecule has 122 valence electrons. The van der Waals surface area contributed by atoms with Gasteiger partial charge in [0.25, 0.3) is 0 Å². The minimum absolute atomic E-state index is 0.105. The molecular formula is C19H16BrNO3. The molecule has 1 aromatic heterocycles. The second kappa shape index (κ2) is 5.98. The Hall–Kier alpha value is -2.27. The summed E-state index contributed by atoms with van der Waals surface area (Å²) in [5, 5.41) is 21.3. The smallest absolute Gasteiger partial charge is 0.141 e. The summed E-state index contributed by atoms with van der Waals surface area (Å²) >= 11 is 3.38. The van der Waals surface area contributed by atoms with Crippen LogP contribution in [0, 0.1) is 0 Å². The van der Waals surface area contributed by atoms with Crippen molar-refractivity contribution in [2.24, 2.45) is 4.99 Å². The van der Waals surface area contributed by atoms with Crippen LogP contribution in [0.5, 0.6) is 11.5 Å². The number of phenolic OH excluding ortho intramolecular Hbond substituents is 2. The number of hydrogen-bond donors (Lipinski definition) is 2. The highest BCUT2D eigenvalue weighted by Crippen LogP contribution is 2.40. The number of furan rings is 1. The average Bonchev–Trinajstić information content (AvgIpc) is 2.94. The molecule has 0 radical (unpaired) electrons. The number of benzene rings is 2. The molecule has 1 aliphatic carbocycles. The highest BCUT2D eigenvalue weighted by atomic mass is 79.9. The number of aryl methyl sites for hydroxylation is 2. The van der Waals surface area contributed by atoms with Crippen LogP contribution in [-0.4, -0.2) is 16.4 Å². The van der Waals surface area contributed by atoms with Crippen molar-refractivity contribution < 1.29 is 14.6 Å². The Morgan fingerprint density at radius 2 is 1.92 bits per heavy atom. The second-order valence-electron chi connectivity index (χ2n) is 5.95. The number of halogens is 1. The molecule has 0 fully saturated rings. The molecule has 0 aliphatic heterocycles. The topological polar surface area (TPSA) is 66.0 Å². The van der Waals surface area contributed by atoms with E-state index in [0.29, 0.717) is 15.7 Å². The summed E-state index contributed by atoms with van der Waals surface area (Å²) in [5.74, 6) is 1.25. The summed E-state index contributed by atoms with van der Waals surface area (Å²) in [4.78, 5) is 4.36. The van der Waals surface area contributed by atoms with Gasteiger partial charge in [-0.1, -0.05) is 12.1 Å². The van der Waals surface area contributed by atoms with Crippen LogP contribution in [-0.2, 0) is 12.8 Å². The van der Waals surface area contributed by atoms with E-state index in [9.17, 15) is 10.2 Å². The van der Waals surface area contributed by atoms with Crippen molar-refractivity contribution in [2.75, 3.05) is 0 Å². The van der Waals surface area contributed by atoms with Gasteiger partial charge in [-0.3, -0.25) is 4.99 Å². The molecular weight excluding hydrogens is 370 g/mol. The number of aliphatic imine (C=N–C) groups is 1. The Morgan fingerprint density at radius 3 is 2.75 bits per heavy atom.